The minimum atomic E-state index is 0.310. The third-order valence-electron chi connectivity index (χ3n) is 2.58. The fraction of sp³-hybridized carbons (Fsp3) is 0.538. The Morgan fingerprint density at radius 2 is 1.80 bits per heavy atom. The van der Waals surface area contributed by atoms with Gasteiger partial charge in [-0.15, -0.1) is 0 Å². The van der Waals surface area contributed by atoms with Crippen molar-refractivity contribution < 1.29 is 9.47 Å². The van der Waals surface area contributed by atoms with Crippen molar-refractivity contribution in [1.82, 2.24) is 0 Å². The molecule has 0 aliphatic rings. The summed E-state index contributed by atoms with van der Waals surface area (Å²) in [5, 5.41) is 0. The Balaban J connectivity index is 2.28. The van der Waals surface area contributed by atoms with E-state index in [1.807, 2.05) is 6.07 Å². The fourth-order valence-electron chi connectivity index (χ4n) is 1.60. The van der Waals surface area contributed by atoms with Gasteiger partial charge in [0.2, 0.25) is 0 Å². The van der Waals surface area contributed by atoms with Crippen molar-refractivity contribution in [2.45, 2.75) is 25.4 Å². The first kappa shape index (κ1) is 12.2. The second-order valence-corrected chi connectivity index (χ2v) is 3.66. The molecule has 0 bridgehead atoms. The molecule has 1 aromatic carbocycles. The van der Waals surface area contributed by atoms with Gasteiger partial charge in [0, 0.05) is 20.8 Å². The number of aryl methyl sites for hydroxylation is 1. The molecular formula is C13H20O2. The highest BCUT2D eigenvalue weighted by Crippen LogP contribution is 2.09. The standard InChI is InChI=1S/C13H20O2/c1-14-11-10-13(15-2)9-8-12-6-4-3-5-7-12/h3-7,13H,8-11H2,1-2H3/t13-/m0/s1. The van der Waals surface area contributed by atoms with E-state index in [4.69, 9.17) is 9.47 Å². The molecule has 0 heterocycles. The Labute approximate surface area is 92.2 Å². The third-order valence-corrected chi connectivity index (χ3v) is 2.58. The van der Waals surface area contributed by atoms with Crippen molar-refractivity contribution in [1.29, 1.82) is 0 Å². The first-order valence-electron chi connectivity index (χ1n) is 5.42. The van der Waals surface area contributed by atoms with E-state index in [1.54, 1.807) is 14.2 Å². The predicted molar refractivity (Wildman–Crippen MR) is 62.1 cm³/mol. The first-order valence-corrected chi connectivity index (χ1v) is 5.42. The molecule has 0 fully saturated rings. The molecule has 15 heavy (non-hydrogen) atoms. The zero-order valence-corrected chi connectivity index (χ0v) is 9.61. The maximum absolute atomic E-state index is 5.39. The van der Waals surface area contributed by atoms with Gasteiger partial charge in [-0.3, -0.25) is 0 Å². The van der Waals surface area contributed by atoms with Gasteiger partial charge in [0.1, 0.15) is 0 Å². The van der Waals surface area contributed by atoms with Crippen LogP contribution in [-0.2, 0) is 15.9 Å². The molecule has 0 unspecified atom stereocenters. The molecule has 0 amide bonds. The number of rotatable bonds is 7. The van der Waals surface area contributed by atoms with Crippen LogP contribution in [0.4, 0.5) is 0 Å². The summed E-state index contributed by atoms with van der Waals surface area (Å²) < 4.78 is 10.4. The van der Waals surface area contributed by atoms with Crippen LogP contribution in [0.1, 0.15) is 18.4 Å². The number of ether oxygens (including phenoxy) is 2. The van der Waals surface area contributed by atoms with Gasteiger partial charge in [0.05, 0.1) is 6.10 Å². The summed E-state index contributed by atoms with van der Waals surface area (Å²) in [5.41, 5.74) is 1.37. The Morgan fingerprint density at radius 3 is 2.40 bits per heavy atom. The smallest absolute Gasteiger partial charge is 0.0596 e. The van der Waals surface area contributed by atoms with Crippen LogP contribution < -0.4 is 0 Å². The fourth-order valence-corrected chi connectivity index (χ4v) is 1.60. The molecular weight excluding hydrogens is 188 g/mol. The molecule has 84 valence electrons. The molecule has 2 nitrogen and oxygen atoms in total. The molecule has 1 atom stereocenters. The highest BCUT2D eigenvalue weighted by Gasteiger charge is 2.06. The minimum Gasteiger partial charge on any atom is -0.385 e. The Bertz CT molecular complexity index is 246. The van der Waals surface area contributed by atoms with Gasteiger partial charge in [0.25, 0.3) is 0 Å². The lowest BCUT2D eigenvalue weighted by atomic mass is 10.1. The molecule has 0 aliphatic carbocycles. The molecule has 0 aromatic heterocycles. The molecule has 1 rings (SSSR count). The Hall–Kier alpha value is -0.860. The van der Waals surface area contributed by atoms with Crippen LogP contribution in [0.5, 0.6) is 0 Å². The number of hydrogen-bond donors (Lipinski definition) is 0. The van der Waals surface area contributed by atoms with E-state index in [0.29, 0.717) is 6.10 Å². The molecule has 0 aliphatic heterocycles. The summed E-state index contributed by atoms with van der Waals surface area (Å²) in [6, 6.07) is 10.5. The van der Waals surface area contributed by atoms with Crippen LogP contribution in [0.2, 0.25) is 0 Å². The van der Waals surface area contributed by atoms with Gasteiger partial charge in [0.15, 0.2) is 0 Å². The molecule has 0 saturated heterocycles. The molecule has 2 heteroatoms. The maximum Gasteiger partial charge on any atom is 0.0596 e. The van der Waals surface area contributed by atoms with Crippen molar-refractivity contribution in [2.24, 2.45) is 0 Å². The summed E-state index contributed by atoms with van der Waals surface area (Å²) in [7, 11) is 3.50. The summed E-state index contributed by atoms with van der Waals surface area (Å²) >= 11 is 0. The molecule has 0 radical (unpaired) electrons. The van der Waals surface area contributed by atoms with E-state index in [2.05, 4.69) is 24.3 Å². The van der Waals surface area contributed by atoms with Crippen molar-refractivity contribution in [2.75, 3.05) is 20.8 Å². The highest BCUT2D eigenvalue weighted by molar-refractivity contribution is 5.14. The van der Waals surface area contributed by atoms with Gasteiger partial charge in [-0.25, -0.2) is 0 Å². The van der Waals surface area contributed by atoms with Crippen LogP contribution in [-0.4, -0.2) is 26.9 Å². The number of hydrogen-bond acceptors (Lipinski definition) is 2. The lowest BCUT2D eigenvalue weighted by Crippen LogP contribution is -2.14. The van der Waals surface area contributed by atoms with E-state index >= 15 is 0 Å². The summed E-state index contributed by atoms with van der Waals surface area (Å²) in [6.07, 6.45) is 3.41. The minimum absolute atomic E-state index is 0.310. The van der Waals surface area contributed by atoms with Gasteiger partial charge in [-0.05, 0) is 24.8 Å². The lowest BCUT2D eigenvalue weighted by Gasteiger charge is -2.14. The van der Waals surface area contributed by atoms with E-state index in [1.165, 1.54) is 5.56 Å². The average Bonchev–Trinajstić information content (AvgIpc) is 2.31. The highest BCUT2D eigenvalue weighted by atomic mass is 16.5. The topological polar surface area (TPSA) is 18.5 Å². The predicted octanol–water partition coefficient (Wildman–Crippen LogP) is 2.67. The van der Waals surface area contributed by atoms with Crippen molar-refractivity contribution in [3.05, 3.63) is 35.9 Å². The zero-order valence-electron chi connectivity index (χ0n) is 9.61. The Kier molecular flexibility index (Phi) is 6.05. The molecule has 1 aromatic rings. The number of benzene rings is 1. The van der Waals surface area contributed by atoms with Crippen molar-refractivity contribution in [3.63, 3.8) is 0 Å². The quantitative estimate of drug-likeness (QED) is 0.686. The average molecular weight is 208 g/mol. The Morgan fingerprint density at radius 1 is 1.07 bits per heavy atom. The summed E-state index contributed by atoms with van der Waals surface area (Å²) in [5.74, 6) is 0. The molecule has 0 N–H and O–H groups in total. The van der Waals surface area contributed by atoms with E-state index in [9.17, 15) is 0 Å². The van der Waals surface area contributed by atoms with Gasteiger partial charge in [-0.1, -0.05) is 30.3 Å². The summed E-state index contributed by atoms with van der Waals surface area (Å²) in [4.78, 5) is 0. The maximum atomic E-state index is 5.39. The summed E-state index contributed by atoms with van der Waals surface area (Å²) in [6.45, 7) is 0.771. The van der Waals surface area contributed by atoms with Gasteiger partial charge >= 0.3 is 0 Å². The van der Waals surface area contributed by atoms with E-state index in [-0.39, 0.29) is 0 Å². The lowest BCUT2D eigenvalue weighted by molar-refractivity contribution is 0.0610. The van der Waals surface area contributed by atoms with Crippen molar-refractivity contribution in [3.8, 4) is 0 Å². The monoisotopic (exact) mass is 208 g/mol. The zero-order chi connectivity index (χ0) is 10.9. The number of methoxy groups -OCH3 is 2. The van der Waals surface area contributed by atoms with Crippen molar-refractivity contribution >= 4 is 0 Å². The second kappa shape index (κ2) is 7.43. The SMILES string of the molecule is COCC[C@H](CCc1ccccc1)OC. The van der Waals surface area contributed by atoms with Crippen LogP contribution in [0.3, 0.4) is 0 Å². The van der Waals surface area contributed by atoms with Crippen LogP contribution in [0.25, 0.3) is 0 Å². The van der Waals surface area contributed by atoms with E-state index < -0.39 is 0 Å². The van der Waals surface area contributed by atoms with Crippen LogP contribution >= 0.6 is 0 Å². The third kappa shape index (κ3) is 4.96. The van der Waals surface area contributed by atoms with E-state index in [0.717, 1.165) is 25.9 Å². The molecule has 0 spiro atoms. The molecule has 0 saturated carbocycles. The van der Waals surface area contributed by atoms with Gasteiger partial charge < -0.3 is 9.47 Å². The van der Waals surface area contributed by atoms with Crippen LogP contribution in [0.15, 0.2) is 30.3 Å². The normalized spacial score (nSPS) is 12.7. The van der Waals surface area contributed by atoms with Crippen LogP contribution in [0, 0.1) is 0 Å². The largest absolute Gasteiger partial charge is 0.385 e. The van der Waals surface area contributed by atoms with Gasteiger partial charge in [-0.2, -0.15) is 0 Å². The second-order valence-electron chi connectivity index (χ2n) is 3.66. The first-order chi connectivity index (χ1) is 7.36.